The van der Waals surface area contributed by atoms with Crippen molar-refractivity contribution >= 4 is 5.78 Å². The molecule has 2 heteroatoms. The smallest absolute Gasteiger partial charge is 0.203 e. The normalized spacial score (nSPS) is 19.5. The first-order valence-corrected chi connectivity index (χ1v) is 4.24. The highest BCUT2D eigenvalue weighted by Crippen LogP contribution is 2.22. The lowest BCUT2D eigenvalue weighted by atomic mass is 9.95. The number of rotatable bonds is 2. The monoisotopic (exact) mass is 165 g/mol. The van der Waals surface area contributed by atoms with Gasteiger partial charge in [0.2, 0.25) is 5.78 Å². The number of carbonyl (C=O) groups excluding carboxylic acids is 1. The fraction of sp³-hybridized carbons (Fsp3) is 0.500. The Bertz CT molecular complexity index is 251. The molecule has 66 valence electrons. The Morgan fingerprint density at radius 3 is 2.33 bits per heavy atom. The van der Waals surface area contributed by atoms with Crippen LogP contribution in [0.4, 0.5) is 0 Å². The van der Waals surface area contributed by atoms with Gasteiger partial charge >= 0.3 is 0 Å². The molecule has 0 fully saturated rings. The number of carbonyl (C=O) groups is 1. The Balaban J connectivity index is 2.73. The minimum absolute atomic E-state index is 0.0116. The maximum absolute atomic E-state index is 11.1. The molecule has 1 heterocycles. The van der Waals surface area contributed by atoms with E-state index in [0.717, 1.165) is 5.70 Å². The summed E-state index contributed by atoms with van der Waals surface area (Å²) in [7, 11) is 0. The molecule has 1 N–H and O–H groups in total. The Morgan fingerprint density at radius 1 is 1.42 bits per heavy atom. The highest BCUT2D eigenvalue weighted by Gasteiger charge is 2.21. The zero-order valence-electron chi connectivity index (χ0n) is 7.85. The molecule has 1 aliphatic heterocycles. The van der Waals surface area contributed by atoms with Crippen molar-refractivity contribution in [3.63, 3.8) is 0 Å². The van der Waals surface area contributed by atoms with E-state index in [4.69, 9.17) is 0 Å². The molecule has 0 saturated carbocycles. The van der Waals surface area contributed by atoms with Crippen molar-refractivity contribution in [2.75, 3.05) is 0 Å². The molecule has 1 rings (SSSR count). The number of ketones is 1. The van der Waals surface area contributed by atoms with Crippen LogP contribution in [0.3, 0.4) is 0 Å². The molecule has 0 bridgehead atoms. The van der Waals surface area contributed by atoms with Crippen molar-refractivity contribution in [1.29, 1.82) is 0 Å². The molecule has 12 heavy (non-hydrogen) atoms. The highest BCUT2D eigenvalue weighted by molar-refractivity contribution is 6.06. The summed E-state index contributed by atoms with van der Waals surface area (Å²) in [6.45, 7) is 10.00. The van der Waals surface area contributed by atoms with Gasteiger partial charge in [0, 0.05) is 11.8 Å². The van der Waals surface area contributed by atoms with E-state index >= 15 is 0 Å². The highest BCUT2D eigenvalue weighted by atomic mass is 16.1. The van der Waals surface area contributed by atoms with E-state index in [1.54, 1.807) is 6.08 Å². The SMILES string of the molecule is C=C1NC([C@@H](C)C(C)C)=CC1=O. The zero-order chi connectivity index (χ0) is 9.30. The molecule has 0 unspecified atom stereocenters. The zero-order valence-corrected chi connectivity index (χ0v) is 7.85. The van der Waals surface area contributed by atoms with Gasteiger partial charge in [0.05, 0.1) is 5.70 Å². The van der Waals surface area contributed by atoms with Gasteiger partial charge in [0.25, 0.3) is 0 Å². The predicted octanol–water partition coefficient (Wildman–Crippen LogP) is 1.85. The van der Waals surface area contributed by atoms with E-state index in [1.807, 2.05) is 0 Å². The molecular weight excluding hydrogens is 150 g/mol. The molecule has 0 aliphatic carbocycles. The molecule has 1 aliphatic rings. The maximum Gasteiger partial charge on any atom is 0.203 e. The largest absolute Gasteiger partial charge is 0.356 e. The van der Waals surface area contributed by atoms with E-state index in [9.17, 15) is 4.79 Å². The van der Waals surface area contributed by atoms with Gasteiger partial charge in [-0.2, -0.15) is 0 Å². The first-order valence-electron chi connectivity index (χ1n) is 4.24. The van der Waals surface area contributed by atoms with Crippen molar-refractivity contribution < 1.29 is 4.79 Å². The van der Waals surface area contributed by atoms with Crippen LogP contribution in [-0.2, 0) is 4.79 Å². The summed E-state index contributed by atoms with van der Waals surface area (Å²) in [6.07, 6.45) is 1.65. The van der Waals surface area contributed by atoms with Crippen LogP contribution in [0.25, 0.3) is 0 Å². The van der Waals surface area contributed by atoms with Gasteiger partial charge in [0.15, 0.2) is 0 Å². The van der Waals surface area contributed by atoms with Gasteiger partial charge in [-0.3, -0.25) is 4.79 Å². The molecule has 0 amide bonds. The maximum atomic E-state index is 11.1. The number of hydrogen-bond donors (Lipinski definition) is 1. The minimum Gasteiger partial charge on any atom is -0.356 e. The summed E-state index contributed by atoms with van der Waals surface area (Å²) in [5.41, 5.74) is 1.50. The number of allylic oxidation sites excluding steroid dienone is 2. The number of hydrogen-bond acceptors (Lipinski definition) is 2. The van der Waals surface area contributed by atoms with Gasteiger partial charge < -0.3 is 5.32 Å². The summed E-state index contributed by atoms with van der Waals surface area (Å²) in [4.78, 5) is 11.1. The Hall–Kier alpha value is -1.05. The molecule has 0 spiro atoms. The summed E-state index contributed by atoms with van der Waals surface area (Å²) >= 11 is 0. The summed E-state index contributed by atoms with van der Waals surface area (Å²) in [6, 6.07) is 0. The van der Waals surface area contributed by atoms with E-state index in [2.05, 4.69) is 32.7 Å². The van der Waals surface area contributed by atoms with Gasteiger partial charge in [0.1, 0.15) is 0 Å². The first kappa shape index (κ1) is 9.04. The third kappa shape index (κ3) is 1.58. The van der Waals surface area contributed by atoms with Gasteiger partial charge in [-0.05, 0) is 11.8 Å². The minimum atomic E-state index is 0.0116. The van der Waals surface area contributed by atoms with Crippen LogP contribution in [0.15, 0.2) is 24.0 Å². The third-order valence-corrected chi connectivity index (χ3v) is 2.37. The first-order chi connectivity index (χ1) is 5.52. The van der Waals surface area contributed by atoms with Crippen LogP contribution in [0, 0.1) is 11.8 Å². The van der Waals surface area contributed by atoms with Gasteiger partial charge in [-0.25, -0.2) is 0 Å². The molecule has 1 atom stereocenters. The summed E-state index contributed by atoms with van der Waals surface area (Å²) < 4.78 is 0. The fourth-order valence-corrected chi connectivity index (χ4v) is 1.10. The second-order valence-corrected chi connectivity index (χ2v) is 3.60. The molecule has 0 aromatic carbocycles. The Morgan fingerprint density at radius 2 is 2.00 bits per heavy atom. The van der Waals surface area contributed by atoms with Crippen molar-refractivity contribution in [3.8, 4) is 0 Å². The lowest BCUT2D eigenvalue weighted by Gasteiger charge is -2.16. The molecule has 0 saturated heterocycles. The van der Waals surface area contributed by atoms with E-state index in [-0.39, 0.29) is 5.78 Å². The average Bonchev–Trinajstić information content (AvgIpc) is 2.30. The topological polar surface area (TPSA) is 29.1 Å². The number of nitrogens with one attached hydrogen (secondary N) is 1. The van der Waals surface area contributed by atoms with Gasteiger partial charge in [-0.15, -0.1) is 0 Å². The van der Waals surface area contributed by atoms with Crippen molar-refractivity contribution in [2.45, 2.75) is 20.8 Å². The van der Waals surface area contributed by atoms with Crippen molar-refractivity contribution in [1.82, 2.24) is 5.32 Å². The molecule has 0 radical (unpaired) electrons. The van der Waals surface area contributed by atoms with Crippen LogP contribution in [0.1, 0.15) is 20.8 Å². The molecule has 2 nitrogen and oxygen atoms in total. The second-order valence-electron chi connectivity index (χ2n) is 3.60. The second kappa shape index (κ2) is 3.13. The lowest BCUT2D eigenvalue weighted by molar-refractivity contribution is -0.111. The third-order valence-electron chi connectivity index (χ3n) is 2.37. The quantitative estimate of drug-likeness (QED) is 0.633. The lowest BCUT2D eigenvalue weighted by Crippen LogP contribution is -2.17. The van der Waals surface area contributed by atoms with Crippen molar-refractivity contribution in [3.05, 3.63) is 24.0 Å². The van der Waals surface area contributed by atoms with Gasteiger partial charge in [-0.1, -0.05) is 27.4 Å². The summed E-state index contributed by atoms with van der Waals surface area (Å²) in [5, 5.41) is 3.00. The van der Waals surface area contributed by atoms with Crippen molar-refractivity contribution in [2.24, 2.45) is 11.8 Å². The van der Waals surface area contributed by atoms with Crippen LogP contribution in [-0.4, -0.2) is 5.78 Å². The van der Waals surface area contributed by atoms with Crippen LogP contribution >= 0.6 is 0 Å². The Labute approximate surface area is 73.4 Å². The molecular formula is C10H15NO. The van der Waals surface area contributed by atoms with Crippen LogP contribution in [0.2, 0.25) is 0 Å². The predicted molar refractivity (Wildman–Crippen MR) is 49.4 cm³/mol. The summed E-state index contributed by atoms with van der Waals surface area (Å²) in [5.74, 6) is 0.952. The molecule has 0 aromatic heterocycles. The Kier molecular flexibility index (Phi) is 2.36. The van der Waals surface area contributed by atoms with E-state index in [1.165, 1.54) is 0 Å². The fourth-order valence-electron chi connectivity index (χ4n) is 1.10. The standard InChI is InChI=1S/C10H15NO/c1-6(2)7(3)9-5-10(12)8(4)11-9/h5-7,11H,4H2,1-3H3/t7-/m0/s1. The van der Waals surface area contributed by atoms with Crippen LogP contribution < -0.4 is 5.32 Å². The average molecular weight is 165 g/mol. The van der Waals surface area contributed by atoms with E-state index < -0.39 is 0 Å². The molecule has 0 aromatic rings. The van der Waals surface area contributed by atoms with Crippen LogP contribution in [0.5, 0.6) is 0 Å². The van der Waals surface area contributed by atoms with E-state index in [0.29, 0.717) is 17.5 Å².